The SMILES string of the molecule is CC(=O)N[C@@H](C)C(=O)N[C@@H](CO)C(=O)N[C@@H](CC(=O)O)C(=O)N[C@H]1CSSC[C@@H](C(=O)N2CCC[C@H]2C(=O)N[C@@H](CC2CCCCC2)C(=O)N[C@@H](CC(=O)O)C(N)=O)NC(=O)[C@H](CC(N)=O)NC(=O)[C@H](CC2CNC3CCCCC23)NC(=O)[C@H](CCC(N)=O)NC(=O)[C@H](CC(C)C)NC(=O)[C@H](CC2CNC3CCCCC23)NC1=O. The number of hydrogen-bond donors (Lipinski definition) is 20. The van der Waals surface area contributed by atoms with Gasteiger partial charge in [-0.05, 0) is 126 Å². The van der Waals surface area contributed by atoms with Crippen LogP contribution in [0.1, 0.15) is 182 Å². The molecule has 16 amide bonds. The Kier molecular flexibility index (Phi) is 36.2. The molecular formula is C73H116N18O21S2. The molecule has 114 heavy (non-hydrogen) atoms. The monoisotopic (exact) mass is 1640 g/mol. The Morgan fingerprint density at radius 1 is 0.509 bits per heavy atom. The molecule has 0 aromatic heterocycles. The maximum Gasteiger partial charge on any atom is 0.305 e. The summed E-state index contributed by atoms with van der Waals surface area (Å²) in [6.45, 7) is 5.40. The summed E-state index contributed by atoms with van der Waals surface area (Å²) >= 11 is 0. The lowest BCUT2D eigenvalue weighted by atomic mass is 9.77. The Morgan fingerprint density at radius 3 is 1.57 bits per heavy atom. The maximum absolute atomic E-state index is 15.6. The van der Waals surface area contributed by atoms with Crippen LogP contribution in [0.4, 0.5) is 0 Å². The van der Waals surface area contributed by atoms with Crippen molar-refractivity contribution in [2.24, 2.45) is 52.7 Å². The second-order valence-electron chi connectivity index (χ2n) is 31.6. The van der Waals surface area contributed by atoms with Crippen LogP contribution in [0, 0.1) is 35.5 Å². The summed E-state index contributed by atoms with van der Waals surface area (Å²) < 4.78 is 0. The zero-order valence-corrected chi connectivity index (χ0v) is 66.7. The molecule has 4 saturated heterocycles. The van der Waals surface area contributed by atoms with Crippen molar-refractivity contribution in [2.75, 3.05) is 37.7 Å². The normalized spacial score (nSPS) is 28.4. The minimum atomic E-state index is -2.09. The number of rotatable bonds is 31. The number of carbonyl (C=O) groups is 18. The van der Waals surface area contributed by atoms with E-state index in [0.717, 1.165) is 104 Å². The first-order valence-electron chi connectivity index (χ1n) is 39.6. The van der Waals surface area contributed by atoms with Gasteiger partial charge < -0.3 is 112 Å². The molecule has 0 bridgehead atoms. The number of hydrogen-bond acceptors (Lipinski definition) is 23. The quantitative estimate of drug-likeness (QED) is 0.0290. The van der Waals surface area contributed by atoms with Crippen molar-refractivity contribution in [3.63, 3.8) is 0 Å². The lowest BCUT2D eigenvalue weighted by Gasteiger charge is -2.32. The van der Waals surface area contributed by atoms with Gasteiger partial charge in [0.05, 0.1) is 25.9 Å². The van der Waals surface area contributed by atoms with E-state index in [0.29, 0.717) is 25.9 Å². The molecule has 19 atom stereocenters. The van der Waals surface area contributed by atoms with Crippen molar-refractivity contribution in [2.45, 2.75) is 272 Å². The summed E-state index contributed by atoms with van der Waals surface area (Å²) in [7, 11) is 1.54. The summed E-state index contributed by atoms with van der Waals surface area (Å²) in [6, 6.07) is -21.4. The average Bonchev–Trinajstić information content (AvgIpc) is 1.67. The van der Waals surface area contributed by atoms with Gasteiger partial charge in [0, 0.05) is 43.5 Å². The van der Waals surface area contributed by atoms with E-state index >= 15 is 28.8 Å². The first kappa shape index (κ1) is 92.2. The Morgan fingerprint density at radius 2 is 1.01 bits per heavy atom. The number of amides is 16. The van der Waals surface area contributed by atoms with Crippen LogP contribution >= 0.6 is 21.6 Å². The molecule has 7 aliphatic rings. The number of carboxylic acids is 2. The molecule has 0 radical (unpaired) electrons. The van der Waals surface area contributed by atoms with E-state index in [9.17, 15) is 72.9 Å². The van der Waals surface area contributed by atoms with Gasteiger partial charge in [0.2, 0.25) is 94.5 Å². The van der Waals surface area contributed by atoms with Gasteiger partial charge in [0.15, 0.2) is 0 Å². The predicted octanol–water partition coefficient (Wildman–Crippen LogP) is -4.85. The summed E-state index contributed by atoms with van der Waals surface area (Å²) in [5.74, 6) is -21.6. The average molecular weight is 1650 g/mol. The van der Waals surface area contributed by atoms with E-state index in [1.165, 1.54) is 6.92 Å². The molecule has 23 N–H and O–H groups in total. The van der Waals surface area contributed by atoms with Gasteiger partial charge in [-0.1, -0.05) is 93.2 Å². The fourth-order valence-corrected chi connectivity index (χ4v) is 18.9. The smallest absolute Gasteiger partial charge is 0.305 e. The standard InChI is InChI=1S/C73H116N18O21S2/c1-35(2)23-47-64(103)80-45(20-21-57(74)94)63(102)83-49(25-39-30-77-43-17-10-8-15-41(39)43)67(106)85-51(27-58(75)95)68(107)90-55(73(112)91-22-12-19-56(91)72(111)87-48(24-38-13-6-5-7-14-38)65(104)81-46(61(76)100)28-59(96)97)34-114-113-33-54(71(110)84-50(66(105)82-47)26-40-31-78-44-18-11-9-16-42(40)44)89-69(108)52(29-60(98)99)86-70(109)53(32-92)88-62(101)36(3)79-37(4)93/h35-36,38-56,77-78,92H,5-34H2,1-4H3,(H2,74,94)(H2,75,95)(H2,76,100)(H,79,93)(H,80,103)(H,81,104)(H,82,105)(H,83,102)(H,84,110)(H,85,106)(H,86,109)(H,87,111)(H,88,101)(H,89,108)(H,90,107)(H,96,97)(H,98,99)/t36-,39?,40?,41?,42?,43?,44?,45-,46-,47-,48-,49-,50-,51-,52-,53-,54-,55-,56-/m0/s1. The summed E-state index contributed by atoms with van der Waals surface area (Å²) in [5.41, 5.74) is 17.0. The van der Waals surface area contributed by atoms with Gasteiger partial charge in [-0.25, -0.2) is 0 Å². The fourth-order valence-electron chi connectivity index (χ4n) is 16.6. The van der Waals surface area contributed by atoms with Gasteiger partial charge in [-0.3, -0.25) is 86.3 Å². The Balaban J connectivity index is 1.32. The molecule has 0 aromatic carbocycles. The van der Waals surface area contributed by atoms with E-state index in [4.69, 9.17) is 17.2 Å². The van der Waals surface area contributed by atoms with Crippen LogP contribution < -0.4 is 91.6 Å². The van der Waals surface area contributed by atoms with Crippen LogP contribution in [0.2, 0.25) is 0 Å². The summed E-state index contributed by atoms with van der Waals surface area (Å²) in [5, 5.41) is 67.4. The van der Waals surface area contributed by atoms with E-state index in [1.54, 1.807) is 13.8 Å². The number of carboxylic acid groups (broad SMARTS) is 2. The summed E-state index contributed by atoms with van der Waals surface area (Å²) in [4.78, 5) is 253. The van der Waals surface area contributed by atoms with Crippen LogP contribution in [-0.4, -0.2) is 255 Å². The minimum absolute atomic E-state index is 0.00167. The second kappa shape index (κ2) is 44.8. The lowest BCUT2D eigenvalue weighted by molar-refractivity contribution is -0.142. The van der Waals surface area contributed by atoms with Crippen LogP contribution in [0.3, 0.4) is 0 Å². The van der Waals surface area contributed by atoms with Crippen LogP contribution in [0.15, 0.2) is 0 Å². The number of fused-ring (bicyclic) bond motifs is 2. The molecule has 39 nitrogen and oxygen atoms in total. The molecule has 41 heteroatoms. The highest BCUT2D eigenvalue weighted by atomic mass is 33.1. The first-order valence-corrected chi connectivity index (χ1v) is 42.1. The number of nitrogens with two attached hydrogens (primary N) is 3. The van der Waals surface area contributed by atoms with Gasteiger partial charge in [-0.2, -0.15) is 0 Å². The molecule has 0 aromatic rings. The number of nitrogens with one attached hydrogen (secondary N) is 14. The molecule has 0 spiro atoms. The van der Waals surface area contributed by atoms with Gasteiger partial charge in [-0.15, -0.1) is 0 Å². The molecule has 7 fully saturated rings. The molecule has 4 heterocycles. The zero-order valence-electron chi connectivity index (χ0n) is 65.0. The fraction of sp³-hybridized carbons (Fsp3) is 0.753. The van der Waals surface area contributed by atoms with Crippen molar-refractivity contribution in [1.29, 1.82) is 0 Å². The highest BCUT2D eigenvalue weighted by molar-refractivity contribution is 8.76. The van der Waals surface area contributed by atoms with E-state index < -0.39 is 235 Å². The zero-order chi connectivity index (χ0) is 83.6. The van der Waals surface area contributed by atoms with Crippen LogP contribution in [0.5, 0.6) is 0 Å². The van der Waals surface area contributed by atoms with E-state index in [-0.39, 0.29) is 92.7 Å². The third-order valence-electron chi connectivity index (χ3n) is 22.4. The van der Waals surface area contributed by atoms with Crippen molar-refractivity contribution < 1.29 is 102 Å². The van der Waals surface area contributed by atoms with Crippen molar-refractivity contribution in [3.05, 3.63) is 0 Å². The number of primary amides is 3. The maximum atomic E-state index is 15.6. The molecule has 636 valence electrons. The predicted molar refractivity (Wildman–Crippen MR) is 412 cm³/mol. The van der Waals surface area contributed by atoms with Crippen molar-refractivity contribution >= 4 is 128 Å². The number of nitrogens with zero attached hydrogens (tertiary/aromatic N) is 1. The number of aliphatic hydroxyl groups is 1. The number of carbonyl (C=O) groups excluding carboxylic acids is 16. The van der Waals surface area contributed by atoms with Crippen molar-refractivity contribution in [1.82, 2.24) is 79.3 Å². The van der Waals surface area contributed by atoms with Gasteiger partial charge in [0.25, 0.3) is 0 Å². The summed E-state index contributed by atoms with van der Waals surface area (Å²) in [6.07, 6.45) is 6.58. The number of likely N-dealkylation sites (tertiary alicyclic amines) is 1. The third kappa shape index (κ3) is 28.2. The second-order valence-corrected chi connectivity index (χ2v) is 34.1. The molecule has 3 saturated carbocycles. The van der Waals surface area contributed by atoms with Gasteiger partial charge in [0.1, 0.15) is 78.5 Å². The van der Waals surface area contributed by atoms with Crippen LogP contribution in [0.25, 0.3) is 0 Å². The molecule has 7 rings (SSSR count). The Hall–Kier alpha value is -8.96. The van der Waals surface area contributed by atoms with E-state index in [1.807, 2.05) is 0 Å². The highest BCUT2D eigenvalue weighted by Gasteiger charge is 2.46. The lowest BCUT2D eigenvalue weighted by Crippen LogP contribution is -2.61. The highest BCUT2D eigenvalue weighted by Crippen LogP contribution is 2.39. The largest absolute Gasteiger partial charge is 0.481 e. The van der Waals surface area contributed by atoms with Crippen molar-refractivity contribution in [3.8, 4) is 0 Å². The third-order valence-corrected chi connectivity index (χ3v) is 24.8. The number of aliphatic hydroxyl groups excluding tert-OH is 1. The molecule has 3 aliphatic carbocycles. The molecule has 4 aliphatic heterocycles. The molecular weight excluding hydrogens is 1530 g/mol. The topological polar surface area (TPSA) is 618 Å². The first-order chi connectivity index (χ1) is 54.1. The Bertz CT molecular complexity index is 3500. The molecule has 6 unspecified atom stereocenters. The van der Waals surface area contributed by atoms with Gasteiger partial charge >= 0.3 is 11.9 Å². The Labute approximate surface area is 668 Å². The van der Waals surface area contributed by atoms with Crippen LogP contribution in [-0.2, 0) is 86.3 Å². The van der Waals surface area contributed by atoms with E-state index in [2.05, 4.69) is 74.4 Å². The number of aliphatic carboxylic acids is 2. The minimum Gasteiger partial charge on any atom is -0.481 e.